The third kappa shape index (κ3) is 3.64. The minimum absolute atomic E-state index is 0.0432. The number of H-pyrrole nitrogens is 1. The second-order valence-corrected chi connectivity index (χ2v) is 6.64. The normalized spacial score (nSPS) is 16.9. The van der Waals surface area contributed by atoms with Crippen molar-refractivity contribution in [1.29, 1.82) is 0 Å². The summed E-state index contributed by atoms with van der Waals surface area (Å²) in [6.07, 6.45) is 3.52. The summed E-state index contributed by atoms with van der Waals surface area (Å²) in [6.45, 7) is 4.05. The number of allylic oxidation sites excluding steroid dienone is 4. The fourth-order valence-corrected chi connectivity index (χ4v) is 3.46. The van der Waals surface area contributed by atoms with Gasteiger partial charge in [0.2, 0.25) is 0 Å². The first-order valence-corrected chi connectivity index (χ1v) is 8.63. The molecule has 1 unspecified atom stereocenters. The fourth-order valence-electron chi connectivity index (χ4n) is 3.33. The summed E-state index contributed by atoms with van der Waals surface area (Å²) in [4.78, 5) is 24.1. The van der Waals surface area contributed by atoms with Crippen LogP contribution in [0.2, 0.25) is 5.02 Å². The summed E-state index contributed by atoms with van der Waals surface area (Å²) in [6, 6.07) is 10.2. The number of benzene rings is 1. The van der Waals surface area contributed by atoms with Crippen molar-refractivity contribution in [3.05, 3.63) is 85.8 Å². The van der Waals surface area contributed by atoms with Gasteiger partial charge in [0.05, 0.1) is 5.69 Å². The predicted molar refractivity (Wildman–Crippen MR) is 98.9 cm³/mol. The summed E-state index contributed by atoms with van der Waals surface area (Å²) in [7, 11) is 0. The number of hydrogen-bond acceptors (Lipinski definition) is 3. The molecule has 0 saturated carbocycles. The molecule has 1 aromatic heterocycles. The standard InChI is InChI=1S/C20H19ClN2O2/c1-3-17-14(11-16-8-9-18(24)23-22-16)10-12(2)19(17)20(25)13-4-6-15(21)7-5-13/h4-10,17H,3,11H2,1-2H3,(H,23,24). The van der Waals surface area contributed by atoms with E-state index >= 15 is 0 Å². The monoisotopic (exact) mass is 354 g/mol. The highest BCUT2D eigenvalue weighted by Gasteiger charge is 2.30. The molecule has 0 saturated heterocycles. The summed E-state index contributed by atoms with van der Waals surface area (Å²) in [5.74, 6) is 0.110. The molecule has 128 valence electrons. The van der Waals surface area contributed by atoms with Crippen molar-refractivity contribution in [3.63, 3.8) is 0 Å². The number of carbonyl (C=O) groups is 1. The van der Waals surface area contributed by atoms with Crippen LogP contribution in [0.1, 0.15) is 36.3 Å². The van der Waals surface area contributed by atoms with Gasteiger partial charge in [0, 0.05) is 34.6 Å². The first-order chi connectivity index (χ1) is 12.0. The van der Waals surface area contributed by atoms with E-state index in [2.05, 4.69) is 23.2 Å². The van der Waals surface area contributed by atoms with E-state index in [1.165, 1.54) is 6.07 Å². The van der Waals surface area contributed by atoms with Crippen LogP contribution in [-0.2, 0) is 6.42 Å². The molecule has 1 atom stereocenters. The van der Waals surface area contributed by atoms with Gasteiger partial charge in [-0.25, -0.2) is 5.10 Å². The Kier molecular flexibility index (Phi) is 5.00. The molecule has 0 radical (unpaired) electrons. The van der Waals surface area contributed by atoms with Crippen LogP contribution in [0.3, 0.4) is 0 Å². The molecule has 1 aliphatic rings. The quantitative estimate of drug-likeness (QED) is 0.821. The number of carbonyl (C=O) groups excluding carboxylic acids is 1. The number of ketones is 1. The summed E-state index contributed by atoms with van der Waals surface area (Å²) >= 11 is 5.92. The van der Waals surface area contributed by atoms with Crippen molar-refractivity contribution >= 4 is 17.4 Å². The van der Waals surface area contributed by atoms with E-state index in [4.69, 9.17) is 11.6 Å². The highest BCUT2D eigenvalue weighted by atomic mass is 35.5. The Morgan fingerprint density at radius 1 is 1.20 bits per heavy atom. The van der Waals surface area contributed by atoms with E-state index in [0.717, 1.165) is 28.8 Å². The van der Waals surface area contributed by atoms with Crippen LogP contribution in [0.15, 0.2) is 64.0 Å². The van der Waals surface area contributed by atoms with Gasteiger partial charge in [-0.1, -0.05) is 30.2 Å². The van der Waals surface area contributed by atoms with Crippen molar-refractivity contribution in [3.8, 4) is 0 Å². The number of aromatic amines is 1. The largest absolute Gasteiger partial charge is 0.289 e. The number of Topliss-reactive ketones (excluding diaryl/α,β-unsaturated/α-hetero) is 1. The van der Waals surface area contributed by atoms with Crippen LogP contribution in [0.5, 0.6) is 0 Å². The maximum atomic E-state index is 13.0. The van der Waals surface area contributed by atoms with Gasteiger partial charge in [-0.05, 0) is 49.2 Å². The molecular weight excluding hydrogens is 336 g/mol. The highest BCUT2D eigenvalue weighted by molar-refractivity contribution is 6.30. The van der Waals surface area contributed by atoms with Crippen LogP contribution in [-0.4, -0.2) is 16.0 Å². The zero-order valence-corrected chi connectivity index (χ0v) is 14.9. The van der Waals surface area contributed by atoms with Crippen molar-refractivity contribution in [2.24, 2.45) is 5.92 Å². The SMILES string of the molecule is CCC1C(Cc2ccc(=O)[nH]n2)=CC(C)=C1C(=O)c1ccc(Cl)cc1. The highest BCUT2D eigenvalue weighted by Crippen LogP contribution is 2.37. The van der Waals surface area contributed by atoms with Crippen LogP contribution in [0, 0.1) is 5.92 Å². The average molecular weight is 355 g/mol. The van der Waals surface area contributed by atoms with E-state index in [0.29, 0.717) is 17.0 Å². The van der Waals surface area contributed by atoms with Gasteiger partial charge >= 0.3 is 0 Å². The van der Waals surface area contributed by atoms with Crippen molar-refractivity contribution in [2.45, 2.75) is 26.7 Å². The maximum Gasteiger partial charge on any atom is 0.264 e. The Bertz CT molecular complexity index is 903. The number of hydrogen-bond donors (Lipinski definition) is 1. The molecule has 1 N–H and O–H groups in total. The van der Waals surface area contributed by atoms with Gasteiger partial charge in [-0.3, -0.25) is 9.59 Å². The Morgan fingerprint density at radius 2 is 1.92 bits per heavy atom. The molecule has 0 amide bonds. The van der Waals surface area contributed by atoms with Gasteiger partial charge < -0.3 is 0 Å². The van der Waals surface area contributed by atoms with Gasteiger partial charge in [0.1, 0.15) is 0 Å². The van der Waals surface area contributed by atoms with E-state index < -0.39 is 0 Å². The van der Waals surface area contributed by atoms with Crippen LogP contribution in [0.4, 0.5) is 0 Å². The molecule has 1 aromatic carbocycles. The molecule has 25 heavy (non-hydrogen) atoms. The lowest BCUT2D eigenvalue weighted by Crippen LogP contribution is -2.15. The Hall–Kier alpha value is -2.46. The lowest BCUT2D eigenvalue weighted by molar-refractivity contribution is 0.102. The zero-order valence-electron chi connectivity index (χ0n) is 14.2. The number of nitrogens with zero attached hydrogens (tertiary/aromatic N) is 1. The second kappa shape index (κ2) is 7.19. The lowest BCUT2D eigenvalue weighted by Gasteiger charge is -2.17. The number of rotatable bonds is 5. The molecule has 0 bridgehead atoms. The topological polar surface area (TPSA) is 62.8 Å². The average Bonchev–Trinajstić information content (AvgIpc) is 2.92. The minimum atomic E-state index is -0.218. The van der Waals surface area contributed by atoms with Gasteiger partial charge in [-0.15, -0.1) is 0 Å². The summed E-state index contributed by atoms with van der Waals surface area (Å²) in [5.41, 5.74) is 4.20. The fraction of sp³-hybridized carbons (Fsp3) is 0.250. The smallest absolute Gasteiger partial charge is 0.264 e. The third-order valence-corrected chi connectivity index (χ3v) is 4.76. The predicted octanol–water partition coefficient (Wildman–Crippen LogP) is 4.13. The Labute approximate surface area is 151 Å². The molecule has 5 heteroatoms. The van der Waals surface area contributed by atoms with E-state index in [-0.39, 0.29) is 17.3 Å². The number of halogens is 1. The Balaban J connectivity index is 1.85. The van der Waals surface area contributed by atoms with E-state index in [1.807, 2.05) is 6.92 Å². The van der Waals surface area contributed by atoms with Crippen LogP contribution >= 0.6 is 11.6 Å². The molecule has 1 heterocycles. The van der Waals surface area contributed by atoms with Crippen molar-refractivity contribution < 1.29 is 4.79 Å². The van der Waals surface area contributed by atoms with E-state index in [9.17, 15) is 9.59 Å². The van der Waals surface area contributed by atoms with Gasteiger partial charge in [0.25, 0.3) is 5.56 Å². The Morgan fingerprint density at radius 3 is 2.52 bits per heavy atom. The van der Waals surface area contributed by atoms with Gasteiger partial charge in [-0.2, -0.15) is 5.10 Å². The minimum Gasteiger partial charge on any atom is -0.289 e. The third-order valence-electron chi connectivity index (χ3n) is 4.50. The molecule has 0 spiro atoms. The zero-order chi connectivity index (χ0) is 18.0. The van der Waals surface area contributed by atoms with Crippen molar-refractivity contribution in [1.82, 2.24) is 10.2 Å². The lowest BCUT2D eigenvalue weighted by atomic mass is 9.86. The van der Waals surface area contributed by atoms with Crippen LogP contribution < -0.4 is 5.56 Å². The summed E-state index contributed by atoms with van der Waals surface area (Å²) in [5, 5.41) is 7.15. The molecule has 3 rings (SSSR count). The first kappa shape index (κ1) is 17.4. The van der Waals surface area contributed by atoms with Crippen LogP contribution in [0.25, 0.3) is 0 Å². The van der Waals surface area contributed by atoms with E-state index in [1.54, 1.807) is 30.3 Å². The number of aromatic nitrogens is 2. The molecule has 2 aromatic rings. The maximum absolute atomic E-state index is 13.0. The molecule has 0 fully saturated rings. The molecule has 0 aliphatic heterocycles. The molecule has 1 aliphatic carbocycles. The van der Waals surface area contributed by atoms with Crippen molar-refractivity contribution in [2.75, 3.05) is 0 Å². The van der Waals surface area contributed by atoms with Gasteiger partial charge in [0.15, 0.2) is 5.78 Å². The molecular formula is C20H19ClN2O2. The summed E-state index contributed by atoms with van der Waals surface area (Å²) < 4.78 is 0. The molecule has 4 nitrogen and oxygen atoms in total. The second-order valence-electron chi connectivity index (χ2n) is 6.20. The first-order valence-electron chi connectivity index (χ1n) is 8.25. The number of nitrogens with one attached hydrogen (secondary N) is 1.